The van der Waals surface area contributed by atoms with E-state index >= 15 is 0 Å². The highest BCUT2D eigenvalue weighted by Crippen LogP contribution is 2.49. The molecule has 0 radical (unpaired) electrons. The second-order valence-corrected chi connectivity index (χ2v) is 7.92. The summed E-state index contributed by atoms with van der Waals surface area (Å²) in [7, 11) is 7.00. The largest absolute Gasteiger partial charge is 0.495 e. The van der Waals surface area contributed by atoms with Crippen LogP contribution in [0.2, 0.25) is 0 Å². The van der Waals surface area contributed by atoms with Gasteiger partial charge >= 0.3 is 11.9 Å². The number of furan rings is 1. The second-order valence-electron chi connectivity index (χ2n) is 7.92. The molecule has 1 aromatic heterocycles. The van der Waals surface area contributed by atoms with Crippen molar-refractivity contribution in [1.82, 2.24) is 4.90 Å². The molecule has 2 aromatic carbocycles. The van der Waals surface area contributed by atoms with Crippen molar-refractivity contribution in [2.45, 2.75) is 18.9 Å². The zero-order valence-electron chi connectivity index (χ0n) is 20.5. The van der Waals surface area contributed by atoms with Gasteiger partial charge in [-0.2, -0.15) is 0 Å². The third-order valence-corrected chi connectivity index (χ3v) is 5.14. The number of likely N-dealkylation sites (N-methyl/N-ethyl adjacent to an activating group) is 1. The van der Waals surface area contributed by atoms with Crippen LogP contribution < -0.4 is 14.2 Å². The molecule has 1 unspecified atom stereocenters. The van der Waals surface area contributed by atoms with Gasteiger partial charge in [0.15, 0.2) is 11.3 Å². The van der Waals surface area contributed by atoms with Gasteiger partial charge in [0.25, 0.3) is 0 Å². The van der Waals surface area contributed by atoms with Gasteiger partial charge in [0.2, 0.25) is 5.75 Å². The number of methoxy groups -OCH3 is 2. The van der Waals surface area contributed by atoms with Crippen molar-refractivity contribution in [2.24, 2.45) is 0 Å². The minimum atomic E-state index is -1.82. The molecule has 0 aliphatic carbocycles. The van der Waals surface area contributed by atoms with Crippen LogP contribution in [0.1, 0.15) is 23.7 Å². The summed E-state index contributed by atoms with van der Waals surface area (Å²) in [4.78, 5) is 20.2. The van der Waals surface area contributed by atoms with Crippen LogP contribution in [0.5, 0.6) is 17.2 Å². The van der Waals surface area contributed by atoms with E-state index in [0.29, 0.717) is 59.8 Å². The third kappa shape index (κ3) is 7.33. The number of aliphatic hydroxyl groups is 1. The van der Waals surface area contributed by atoms with Gasteiger partial charge in [-0.3, -0.25) is 0 Å². The Morgan fingerprint density at radius 1 is 1.00 bits per heavy atom. The first kappa shape index (κ1) is 28.4. The molecular formula is C25H30FNO9. The number of halogens is 1. The van der Waals surface area contributed by atoms with E-state index in [1.807, 2.05) is 19.0 Å². The van der Waals surface area contributed by atoms with Crippen LogP contribution in [0.3, 0.4) is 0 Å². The fourth-order valence-corrected chi connectivity index (χ4v) is 3.42. The summed E-state index contributed by atoms with van der Waals surface area (Å²) in [6.45, 7) is 1.09. The molecule has 1 heterocycles. The Morgan fingerprint density at radius 2 is 1.61 bits per heavy atom. The number of ether oxygens (including phenoxy) is 3. The number of benzene rings is 2. The van der Waals surface area contributed by atoms with Gasteiger partial charge in [-0.25, -0.2) is 14.0 Å². The number of aliphatic carboxylic acids is 2. The molecule has 0 aliphatic heterocycles. The normalized spacial score (nSPS) is 11.5. The average Bonchev–Trinajstić information content (AvgIpc) is 3.32. The second kappa shape index (κ2) is 13.3. The Labute approximate surface area is 207 Å². The van der Waals surface area contributed by atoms with Crippen LogP contribution in [0.15, 0.2) is 41.0 Å². The maximum Gasteiger partial charge on any atom is 0.414 e. The number of hydrogen-bond donors (Lipinski definition) is 3. The molecule has 0 saturated carbocycles. The lowest BCUT2D eigenvalue weighted by molar-refractivity contribution is -0.159. The molecular weight excluding hydrogens is 477 g/mol. The lowest BCUT2D eigenvalue weighted by atomic mass is 9.97. The predicted octanol–water partition coefficient (Wildman–Crippen LogP) is 3.35. The van der Waals surface area contributed by atoms with Gasteiger partial charge < -0.3 is 38.8 Å². The molecule has 36 heavy (non-hydrogen) atoms. The Kier molecular flexibility index (Phi) is 10.5. The van der Waals surface area contributed by atoms with E-state index in [-0.39, 0.29) is 5.82 Å². The van der Waals surface area contributed by atoms with E-state index in [9.17, 15) is 9.50 Å². The van der Waals surface area contributed by atoms with Crippen molar-refractivity contribution in [3.8, 4) is 17.2 Å². The van der Waals surface area contributed by atoms with Crippen molar-refractivity contribution >= 4 is 22.9 Å². The summed E-state index contributed by atoms with van der Waals surface area (Å²) in [5.74, 6) is -2.61. The molecule has 1 atom stereocenters. The summed E-state index contributed by atoms with van der Waals surface area (Å²) in [5, 5.41) is 26.6. The van der Waals surface area contributed by atoms with Gasteiger partial charge in [0, 0.05) is 6.54 Å². The Hall–Kier alpha value is -3.83. The van der Waals surface area contributed by atoms with Crippen LogP contribution in [-0.4, -0.2) is 73.6 Å². The Balaban J connectivity index is 0.000000678. The van der Waals surface area contributed by atoms with Gasteiger partial charge in [-0.05, 0) is 50.7 Å². The molecule has 0 amide bonds. The van der Waals surface area contributed by atoms with E-state index in [0.717, 1.165) is 5.56 Å². The zero-order valence-corrected chi connectivity index (χ0v) is 20.5. The quantitative estimate of drug-likeness (QED) is 0.350. The first-order valence-electron chi connectivity index (χ1n) is 10.9. The molecule has 0 bridgehead atoms. The van der Waals surface area contributed by atoms with Crippen LogP contribution >= 0.6 is 0 Å². The van der Waals surface area contributed by atoms with Gasteiger partial charge in [-0.15, -0.1) is 0 Å². The van der Waals surface area contributed by atoms with Gasteiger partial charge in [-0.1, -0.05) is 12.1 Å². The maximum absolute atomic E-state index is 13.2. The average molecular weight is 508 g/mol. The molecule has 3 aromatic rings. The highest BCUT2D eigenvalue weighted by molar-refractivity contribution is 6.27. The number of carbonyl (C=O) groups is 2. The van der Waals surface area contributed by atoms with Crippen molar-refractivity contribution in [1.29, 1.82) is 0 Å². The van der Waals surface area contributed by atoms with Crippen molar-refractivity contribution < 1.29 is 47.9 Å². The van der Waals surface area contributed by atoms with Crippen molar-refractivity contribution in [3.63, 3.8) is 0 Å². The number of fused-ring (bicyclic) bond motifs is 1. The summed E-state index contributed by atoms with van der Waals surface area (Å²) >= 11 is 0. The fraction of sp³-hybridized carbons (Fsp3) is 0.360. The van der Waals surface area contributed by atoms with E-state index in [2.05, 4.69) is 0 Å². The lowest BCUT2D eigenvalue weighted by Crippen LogP contribution is -2.20. The summed E-state index contributed by atoms with van der Waals surface area (Å²) < 4.78 is 36.1. The molecule has 196 valence electrons. The van der Waals surface area contributed by atoms with Crippen LogP contribution in [0, 0.1) is 5.82 Å². The number of carboxylic acids is 2. The number of aliphatic hydroxyl groups excluding tert-OH is 1. The van der Waals surface area contributed by atoms with Gasteiger partial charge in [0.1, 0.15) is 18.2 Å². The predicted molar refractivity (Wildman–Crippen MR) is 128 cm³/mol. The number of nitrogens with zero attached hydrogens (tertiary/aromatic N) is 1. The number of hydrogen-bond acceptors (Lipinski definition) is 8. The minimum Gasteiger partial charge on any atom is -0.495 e. The van der Waals surface area contributed by atoms with E-state index in [1.165, 1.54) is 19.2 Å². The SMILES string of the molecule is COc1c(C(O)CCc2ccc(F)cc2)c(OCCN(C)C)c(OC)c2occc12.O=C(O)C(=O)O. The third-order valence-electron chi connectivity index (χ3n) is 5.14. The summed E-state index contributed by atoms with van der Waals surface area (Å²) in [6, 6.07) is 8.04. The highest BCUT2D eigenvalue weighted by Gasteiger charge is 2.29. The maximum atomic E-state index is 13.2. The fourth-order valence-electron chi connectivity index (χ4n) is 3.42. The van der Waals surface area contributed by atoms with Crippen LogP contribution in [0.25, 0.3) is 11.0 Å². The first-order chi connectivity index (χ1) is 17.1. The number of rotatable bonds is 10. The van der Waals surface area contributed by atoms with Gasteiger partial charge in [0.05, 0.1) is 37.5 Å². The van der Waals surface area contributed by atoms with Crippen molar-refractivity contribution in [2.75, 3.05) is 41.5 Å². The number of carboxylic acid groups (broad SMARTS) is 2. The highest BCUT2D eigenvalue weighted by atomic mass is 19.1. The molecule has 11 heteroatoms. The van der Waals surface area contributed by atoms with Crippen molar-refractivity contribution in [3.05, 3.63) is 53.5 Å². The van der Waals surface area contributed by atoms with Crippen LogP contribution in [0.4, 0.5) is 4.39 Å². The smallest absolute Gasteiger partial charge is 0.414 e. The molecule has 3 N–H and O–H groups in total. The lowest BCUT2D eigenvalue weighted by Gasteiger charge is -2.22. The van der Waals surface area contributed by atoms with E-state index in [1.54, 1.807) is 31.6 Å². The summed E-state index contributed by atoms with van der Waals surface area (Å²) in [5.41, 5.74) is 1.95. The molecule has 0 spiro atoms. The van der Waals surface area contributed by atoms with E-state index < -0.39 is 18.0 Å². The molecule has 3 rings (SSSR count). The monoisotopic (exact) mass is 507 g/mol. The van der Waals surface area contributed by atoms with E-state index in [4.69, 9.17) is 38.4 Å². The topological polar surface area (TPSA) is 139 Å². The molecule has 0 aliphatic rings. The number of aryl methyl sites for hydroxylation is 1. The minimum absolute atomic E-state index is 0.285. The first-order valence-corrected chi connectivity index (χ1v) is 10.9. The van der Waals surface area contributed by atoms with Crippen LogP contribution in [-0.2, 0) is 16.0 Å². The zero-order chi connectivity index (χ0) is 26.8. The summed E-state index contributed by atoms with van der Waals surface area (Å²) in [6.07, 6.45) is 1.63. The Morgan fingerprint density at radius 3 is 2.14 bits per heavy atom. The molecule has 10 nitrogen and oxygen atoms in total. The molecule has 0 saturated heterocycles. The Bertz CT molecular complexity index is 1150. The molecule has 0 fully saturated rings. The standard InChI is InChI=1S/C23H28FNO5.C2H2O4/c1-25(2)12-14-30-22-19(18(26)10-7-15-5-8-16(24)9-6-15)20(27-3)17-11-13-29-21(17)23(22)28-4;3-1(4)2(5)6/h5-6,8-9,11,13,18,26H,7,10,12,14H2,1-4H3;(H,3,4)(H,5,6).